The van der Waals surface area contributed by atoms with Gasteiger partial charge in [-0.15, -0.1) is 0 Å². The van der Waals surface area contributed by atoms with Crippen molar-refractivity contribution in [2.75, 3.05) is 29.5 Å². The maximum Gasteiger partial charge on any atom is 0.225 e. The van der Waals surface area contributed by atoms with Gasteiger partial charge in [0.2, 0.25) is 11.9 Å². The van der Waals surface area contributed by atoms with Crippen LogP contribution in [0.3, 0.4) is 0 Å². The minimum Gasteiger partial charge on any atom is -0.335 e. The van der Waals surface area contributed by atoms with Crippen molar-refractivity contribution in [2.45, 2.75) is 31.5 Å². The summed E-state index contributed by atoms with van der Waals surface area (Å²) in [4.78, 5) is 28.8. The Kier molecular flexibility index (Phi) is 4.77. The molecule has 10 nitrogen and oxygen atoms in total. The summed E-state index contributed by atoms with van der Waals surface area (Å²) in [7, 11) is -3.21. The fraction of sp³-hybridized carbons (Fsp3) is 0.562. The second-order valence-electron chi connectivity index (χ2n) is 6.80. The zero-order chi connectivity index (χ0) is 18.9. The van der Waals surface area contributed by atoms with Crippen LogP contribution < -0.4 is 4.90 Å². The minimum absolute atomic E-state index is 0.00415. The largest absolute Gasteiger partial charge is 0.335 e. The van der Waals surface area contributed by atoms with E-state index in [1.54, 1.807) is 34.4 Å². The van der Waals surface area contributed by atoms with Crippen LogP contribution in [-0.2, 0) is 21.2 Å². The van der Waals surface area contributed by atoms with Crippen LogP contribution in [0, 0.1) is 0 Å². The maximum atomic E-state index is 12.8. The number of fused-ring (bicyclic) bond motifs is 1. The Morgan fingerprint density at radius 1 is 1.15 bits per heavy atom. The Morgan fingerprint density at radius 3 is 2.67 bits per heavy atom. The van der Waals surface area contributed by atoms with Crippen molar-refractivity contribution in [3.63, 3.8) is 0 Å². The summed E-state index contributed by atoms with van der Waals surface area (Å²) < 4.78 is 26.3. The number of hydrogen-bond acceptors (Lipinski definition) is 8. The van der Waals surface area contributed by atoms with Crippen molar-refractivity contribution in [1.29, 1.82) is 0 Å². The smallest absolute Gasteiger partial charge is 0.225 e. The summed E-state index contributed by atoms with van der Waals surface area (Å²) in [6.45, 7) is 1.60. The molecule has 2 saturated heterocycles. The third-order valence-electron chi connectivity index (χ3n) is 5.05. The minimum atomic E-state index is -3.21. The number of hydrogen-bond donors (Lipinski definition) is 0. The molecule has 0 aromatic carbocycles. The number of rotatable bonds is 5. The number of carbonyl (C=O) groups excluding carboxylic acids is 1. The highest BCUT2D eigenvalue weighted by Gasteiger charge is 2.48. The van der Waals surface area contributed by atoms with E-state index in [2.05, 4.69) is 20.1 Å². The van der Waals surface area contributed by atoms with Gasteiger partial charge in [-0.25, -0.2) is 23.4 Å². The molecule has 1 amide bonds. The van der Waals surface area contributed by atoms with Crippen LogP contribution >= 0.6 is 0 Å². The van der Waals surface area contributed by atoms with E-state index in [9.17, 15) is 13.2 Å². The van der Waals surface area contributed by atoms with E-state index in [4.69, 9.17) is 0 Å². The molecule has 0 N–H and O–H groups in total. The maximum absolute atomic E-state index is 12.8. The zero-order valence-electron chi connectivity index (χ0n) is 14.8. The molecule has 2 aliphatic rings. The standard InChI is InChI=1S/C16H21N7O3S/c24-15(3-1-6-21-12-17-11-20-21)22-7-8-23(16-18-4-2-5-19-16)14-10-27(25,26)9-13(14)22/h2,4-5,11-14H,1,3,6-10H2/t13-,14+/m0/s1. The number of sulfone groups is 1. The topological polar surface area (TPSA) is 114 Å². The van der Waals surface area contributed by atoms with Gasteiger partial charge in [-0.1, -0.05) is 0 Å². The summed E-state index contributed by atoms with van der Waals surface area (Å²) in [6.07, 6.45) is 7.34. The quantitative estimate of drug-likeness (QED) is 0.661. The molecule has 4 heterocycles. The van der Waals surface area contributed by atoms with Gasteiger partial charge in [-0.2, -0.15) is 5.10 Å². The molecule has 0 spiro atoms. The average Bonchev–Trinajstić information content (AvgIpc) is 3.27. The van der Waals surface area contributed by atoms with Gasteiger partial charge in [0.05, 0.1) is 23.6 Å². The number of aryl methyl sites for hydroxylation is 1. The molecule has 27 heavy (non-hydrogen) atoms. The van der Waals surface area contributed by atoms with Crippen LogP contribution in [0.25, 0.3) is 0 Å². The highest BCUT2D eigenvalue weighted by Crippen LogP contribution is 2.29. The van der Waals surface area contributed by atoms with E-state index in [-0.39, 0.29) is 29.5 Å². The first-order valence-corrected chi connectivity index (χ1v) is 10.7. The second-order valence-corrected chi connectivity index (χ2v) is 8.96. The van der Waals surface area contributed by atoms with Gasteiger partial charge in [0.1, 0.15) is 12.7 Å². The fourth-order valence-corrected chi connectivity index (χ4v) is 5.82. The van der Waals surface area contributed by atoms with E-state index < -0.39 is 9.84 Å². The Bertz CT molecular complexity index is 888. The molecule has 0 unspecified atom stereocenters. The first kappa shape index (κ1) is 17.8. The van der Waals surface area contributed by atoms with Crippen LogP contribution in [0.2, 0.25) is 0 Å². The predicted octanol–water partition coefficient (Wildman–Crippen LogP) is -0.637. The van der Waals surface area contributed by atoms with Crippen molar-refractivity contribution in [1.82, 2.24) is 29.6 Å². The summed E-state index contributed by atoms with van der Waals surface area (Å²) in [6, 6.07) is 1.07. The monoisotopic (exact) mass is 391 g/mol. The average molecular weight is 391 g/mol. The molecule has 2 atom stereocenters. The lowest BCUT2D eigenvalue weighted by molar-refractivity contribution is -0.134. The zero-order valence-corrected chi connectivity index (χ0v) is 15.6. The molecule has 11 heteroatoms. The lowest BCUT2D eigenvalue weighted by Gasteiger charge is -2.43. The molecule has 2 aliphatic heterocycles. The highest BCUT2D eigenvalue weighted by molar-refractivity contribution is 7.91. The Hall–Kier alpha value is -2.56. The van der Waals surface area contributed by atoms with Crippen molar-refractivity contribution in [3.8, 4) is 0 Å². The Labute approximate surface area is 157 Å². The number of piperazine rings is 1. The van der Waals surface area contributed by atoms with Gasteiger partial charge in [0, 0.05) is 38.4 Å². The molecule has 0 aliphatic carbocycles. The molecule has 0 radical (unpaired) electrons. The lowest BCUT2D eigenvalue weighted by atomic mass is 10.0. The second kappa shape index (κ2) is 7.22. The number of nitrogens with zero attached hydrogens (tertiary/aromatic N) is 7. The molecule has 2 aromatic rings. The number of carbonyl (C=O) groups is 1. The summed E-state index contributed by atoms with van der Waals surface area (Å²) in [5.74, 6) is 0.521. The fourth-order valence-electron chi connectivity index (χ4n) is 3.83. The summed E-state index contributed by atoms with van der Waals surface area (Å²) in [5.41, 5.74) is 0. The molecule has 2 fully saturated rings. The SMILES string of the molecule is O=C(CCCn1cncn1)N1CCN(c2ncccn2)[C@@H]2CS(=O)(=O)C[C@@H]21. The molecule has 144 valence electrons. The molecule has 4 rings (SSSR count). The first-order valence-electron chi connectivity index (χ1n) is 8.89. The number of aromatic nitrogens is 5. The van der Waals surface area contributed by atoms with Gasteiger partial charge in [0.15, 0.2) is 9.84 Å². The van der Waals surface area contributed by atoms with Gasteiger partial charge in [-0.05, 0) is 12.5 Å². The molecule has 0 bridgehead atoms. The number of anilines is 1. The van der Waals surface area contributed by atoms with Crippen LogP contribution in [0.15, 0.2) is 31.1 Å². The molecule has 0 saturated carbocycles. The van der Waals surface area contributed by atoms with Crippen molar-refractivity contribution in [3.05, 3.63) is 31.1 Å². The van der Waals surface area contributed by atoms with Crippen molar-refractivity contribution in [2.24, 2.45) is 0 Å². The molecule has 2 aromatic heterocycles. The van der Waals surface area contributed by atoms with Crippen LogP contribution in [0.4, 0.5) is 5.95 Å². The van der Waals surface area contributed by atoms with Crippen molar-refractivity contribution < 1.29 is 13.2 Å². The van der Waals surface area contributed by atoms with E-state index >= 15 is 0 Å². The van der Waals surface area contributed by atoms with Crippen LogP contribution in [0.5, 0.6) is 0 Å². The Morgan fingerprint density at radius 2 is 1.93 bits per heavy atom. The van der Waals surface area contributed by atoms with Gasteiger partial charge < -0.3 is 9.80 Å². The van der Waals surface area contributed by atoms with Crippen LogP contribution in [-0.4, -0.2) is 80.6 Å². The van der Waals surface area contributed by atoms with E-state index in [0.29, 0.717) is 38.4 Å². The predicted molar refractivity (Wildman–Crippen MR) is 96.6 cm³/mol. The normalized spacial score (nSPS) is 24.0. The van der Waals surface area contributed by atoms with Gasteiger partial charge in [0.25, 0.3) is 0 Å². The summed E-state index contributed by atoms with van der Waals surface area (Å²) in [5, 5.41) is 4.02. The van der Waals surface area contributed by atoms with Gasteiger partial charge >= 0.3 is 0 Å². The highest BCUT2D eigenvalue weighted by atomic mass is 32.2. The van der Waals surface area contributed by atoms with E-state index in [0.717, 1.165) is 0 Å². The van der Waals surface area contributed by atoms with E-state index in [1.165, 1.54) is 6.33 Å². The summed E-state index contributed by atoms with van der Waals surface area (Å²) >= 11 is 0. The third-order valence-corrected chi connectivity index (χ3v) is 6.75. The van der Waals surface area contributed by atoms with Crippen LogP contribution in [0.1, 0.15) is 12.8 Å². The first-order chi connectivity index (χ1) is 13.0. The Balaban J connectivity index is 1.46. The third kappa shape index (κ3) is 3.77. The number of amides is 1. The molecular formula is C16H21N7O3S. The lowest BCUT2D eigenvalue weighted by Crippen LogP contribution is -2.61. The molecular weight excluding hydrogens is 370 g/mol. The van der Waals surface area contributed by atoms with E-state index in [1.807, 2.05) is 4.90 Å². The van der Waals surface area contributed by atoms with Crippen molar-refractivity contribution >= 4 is 21.7 Å². The van der Waals surface area contributed by atoms with Gasteiger partial charge in [-0.3, -0.25) is 9.48 Å².